The van der Waals surface area contributed by atoms with Gasteiger partial charge in [-0.05, 0) is 45.1 Å². The standard InChI is InChI=1S/C12H17ClN2O/c1-15-6-4-10(5-7-15)14-11-3-2-9(13)8-12(11)16/h2-3,8,10,14,16H,4-7H2,1H3. The Morgan fingerprint density at radius 1 is 1.38 bits per heavy atom. The number of piperidine rings is 1. The molecule has 0 radical (unpaired) electrons. The second-order valence-electron chi connectivity index (χ2n) is 4.38. The van der Waals surface area contributed by atoms with Gasteiger partial charge >= 0.3 is 0 Å². The molecular formula is C12H17ClN2O. The van der Waals surface area contributed by atoms with E-state index in [-0.39, 0.29) is 5.75 Å². The second-order valence-corrected chi connectivity index (χ2v) is 4.82. The number of benzene rings is 1. The molecule has 88 valence electrons. The van der Waals surface area contributed by atoms with Gasteiger partial charge in [-0.15, -0.1) is 0 Å². The average molecular weight is 241 g/mol. The topological polar surface area (TPSA) is 35.5 Å². The van der Waals surface area contributed by atoms with E-state index in [1.807, 2.05) is 6.07 Å². The zero-order valence-corrected chi connectivity index (χ0v) is 10.2. The summed E-state index contributed by atoms with van der Waals surface area (Å²) in [5, 5.41) is 13.6. The minimum atomic E-state index is 0.228. The van der Waals surface area contributed by atoms with Crippen molar-refractivity contribution in [3.05, 3.63) is 23.2 Å². The van der Waals surface area contributed by atoms with Gasteiger partial charge in [-0.3, -0.25) is 0 Å². The van der Waals surface area contributed by atoms with Crippen molar-refractivity contribution in [2.75, 3.05) is 25.5 Å². The number of aromatic hydroxyl groups is 1. The van der Waals surface area contributed by atoms with Gasteiger partial charge in [0.1, 0.15) is 5.75 Å². The predicted octanol–water partition coefficient (Wildman–Crippen LogP) is 2.55. The molecule has 0 saturated carbocycles. The molecular weight excluding hydrogens is 224 g/mol. The quantitative estimate of drug-likeness (QED) is 0.780. The van der Waals surface area contributed by atoms with Crippen molar-refractivity contribution in [3.63, 3.8) is 0 Å². The normalized spacial score (nSPS) is 18.6. The lowest BCUT2D eigenvalue weighted by Crippen LogP contribution is -2.36. The summed E-state index contributed by atoms with van der Waals surface area (Å²) >= 11 is 5.78. The van der Waals surface area contributed by atoms with E-state index >= 15 is 0 Å². The van der Waals surface area contributed by atoms with Gasteiger partial charge in [0.25, 0.3) is 0 Å². The highest BCUT2D eigenvalue weighted by atomic mass is 35.5. The van der Waals surface area contributed by atoms with E-state index in [1.54, 1.807) is 12.1 Å². The van der Waals surface area contributed by atoms with Crippen molar-refractivity contribution in [2.45, 2.75) is 18.9 Å². The van der Waals surface area contributed by atoms with E-state index in [1.165, 1.54) is 0 Å². The third-order valence-electron chi connectivity index (χ3n) is 3.04. The summed E-state index contributed by atoms with van der Waals surface area (Å²) in [6.45, 7) is 2.21. The zero-order valence-electron chi connectivity index (χ0n) is 9.41. The number of hydrogen-bond donors (Lipinski definition) is 2. The molecule has 1 aliphatic rings. The highest BCUT2D eigenvalue weighted by Gasteiger charge is 2.17. The SMILES string of the molecule is CN1CCC(Nc2ccc(Cl)cc2O)CC1. The molecule has 1 aliphatic heterocycles. The molecule has 0 aliphatic carbocycles. The van der Waals surface area contributed by atoms with Crippen LogP contribution in [0.4, 0.5) is 5.69 Å². The van der Waals surface area contributed by atoms with Gasteiger partial charge in [-0.2, -0.15) is 0 Å². The van der Waals surface area contributed by atoms with Crippen LogP contribution in [0.2, 0.25) is 5.02 Å². The smallest absolute Gasteiger partial charge is 0.140 e. The monoisotopic (exact) mass is 240 g/mol. The fourth-order valence-electron chi connectivity index (χ4n) is 2.00. The maximum Gasteiger partial charge on any atom is 0.140 e. The molecule has 0 amide bonds. The highest BCUT2D eigenvalue weighted by Crippen LogP contribution is 2.28. The Morgan fingerprint density at radius 3 is 2.69 bits per heavy atom. The molecule has 1 fully saturated rings. The van der Waals surface area contributed by atoms with E-state index in [4.69, 9.17) is 11.6 Å². The summed E-state index contributed by atoms with van der Waals surface area (Å²) in [6.07, 6.45) is 2.22. The maximum atomic E-state index is 9.72. The van der Waals surface area contributed by atoms with Crippen LogP contribution in [0.5, 0.6) is 5.75 Å². The third kappa shape index (κ3) is 2.80. The third-order valence-corrected chi connectivity index (χ3v) is 3.27. The molecule has 16 heavy (non-hydrogen) atoms. The minimum absolute atomic E-state index is 0.228. The summed E-state index contributed by atoms with van der Waals surface area (Å²) < 4.78 is 0. The Balaban J connectivity index is 1.98. The number of rotatable bonds is 2. The number of likely N-dealkylation sites (tertiary alicyclic amines) is 1. The number of nitrogens with zero attached hydrogens (tertiary/aromatic N) is 1. The van der Waals surface area contributed by atoms with Gasteiger partial charge in [0, 0.05) is 17.1 Å². The number of phenolic OH excluding ortho intramolecular Hbond substituents is 1. The summed E-state index contributed by atoms with van der Waals surface area (Å²) in [5.41, 5.74) is 0.777. The Labute approximate surface area is 101 Å². The number of phenols is 1. The van der Waals surface area contributed by atoms with Crippen LogP contribution >= 0.6 is 11.6 Å². The number of hydrogen-bond acceptors (Lipinski definition) is 3. The predicted molar refractivity (Wildman–Crippen MR) is 67.3 cm³/mol. The van der Waals surface area contributed by atoms with Gasteiger partial charge in [0.2, 0.25) is 0 Å². The van der Waals surface area contributed by atoms with E-state index in [2.05, 4.69) is 17.3 Å². The molecule has 0 spiro atoms. The largest absolute Gasteiger partial charge is 0.506 e. The van der Waals surface area contributed by atoms with Gasteiger partial charge < -0.3 is 15.3 Å². The molecule has 2 rings (SSSR count). The van der Waals surface area contributed by atoms with Crippen molar-refractivity contribution < 1.29 is 5.11 Å². The fraction of sp³-hybridized carbons (Fsp3) is 0.500. The van der Waals surface area contributed by atoms with Gasteiger partial charge in [-0.25, -0.2) is 0 Å². The highest BCUT2D eigenvalue weighted by molar-refractivity contribution is 6.30. The van der Waals surface area contributed by atoms with Crippen molar-refractivity contribution in [1.82, 2.24) is 4.90 Å². The van der Waals surface area contributed by atoms with Crippen LogP contribution in [0.25, 0.3) is 0 Å². The van der Waals surface area contributed by atoms with E-state index < -0.39 is 0 Å². The van der Waals surface area contributed by atoms with Crippen LogP contribution in [0, 0.1) is 0 Å². The van der Waals surface area contributed by atoms with Crippen molar-refractivity contribution in [3.8, 4) is 5.75 Å². The van der Waals surface area contributed by atoms with Crippen molar-refractivity contribution >= 4 is 17.3 Å². The van der Waals surface area contributed by atoms with E-state index in [9.17, 15) is 5.11 Å². The molecule has 4 heteroatoms. The first-order valence-corrected chi connectivity index (χ1v) is 5.96. The first kappa shape index (κ1) is 11.6. The molecule has 1 aromatic rings. The second kappa shape index (κ2) is 4.93. The number of nitrogens with one attached hydrogen (secondary N) is 1. The van der Waals surface area contributed by atoms with Crippen LogP contribution in [0.3, 0.4) is 0 Å². The molecule has 1 saturated heterocycles. The Bertz CT molecular complexity index is 362. The molecule has 0 unspecified atom stereocenters. The summed E-state index contributed by atoms with van der Waals surface area (Å²) in [4.78, 5) is 2.32. The van der Waals surface area contributed by atoms with E-state index in [0.29, 0.717) is 11.1 Å². The van der Waals surface area contributed by atoms with Crippen LogP contribution < -0.4 is 5.32 Å². The lowest BCUT2D eigenvalue weighted by molar-refractivity contribution is 0.263. The summed E-state index contributed by atoms with van der Waals surface area (Å²) in [6, 6.07) is 5.64. The lowest BCUT2D eigenvalue weighted by atomic mass is 10.1. The maximum absolute atomic E-state index is 9.72. The number of halogens is 1. The summed E-state index contributed by atoms with van der Waals surface area (Å²) in [5.74, 6) is 0.228. The minimum Gasteiger partial charge on any atom is -0.506 e. The van der Waals surface area contributed by atoms with Crippen LogP contribution in [-0.2, 0) is 0 Å². The van der Waals surface area contributed by atoms with Gasteiger partial charge in [-0.1, -0.05) is 11.6 Å². The average Bonchev–Trinajstić information content (AvgIpc) is 2.25. The Morgan fingerprint density at radius 2 is 2.06 bits per heavy atom. The molecule has 0 bridgehead atoms. The molecule has 2 N–H and O–H groups in total. The summed E-state index contributed by atoms with van der Waals surface area (Å²) in [7, 11) is 2.13. The molecule has 0 aromatic heterocycles. The van der Waals surface area contributed by atoms with Crippen molar-refractivity contribution in [1.29, 1.82) is 0 Å². The molecule has 1 heterocycles. The molecule has 3 nitrogen and oxygen atoms in total. The van der Waals surface area contributed by atoms with Crippen LogP contribution in [0.1, 0.15) is 12.8 Å². The molecule has 0 atom stereocenters. The Kier molecular flexibility index (Phi) is 3.56. The molecule has 1 aromatic carbocycles. The van der Waals surface area contributed by atoms with E-state index in [0.717, 1.165) is 31.6 Å². The Hall–Kier alpha value is -0.930. The van der Waals surface area contributed by atoms with Crippen LogP contribution in [-0.4, -0.2) is 36.2 Å². The fourth-order valence-corrected chi connectivity index (χ4v) is 2.17. The van der Waals surface area contributed by atoms with Gasteiger partial charge in [0.15, 0.2) is 0 Å². The zero-order chi connectivity index (χ0) is 11.5. The first-order chi connectivity index (χ1) is 7.65. The van der Waals surface area contributed by atoms with Gasteiger partial charge in [0.05, 0.1) is 5.69 Å². The van der Waals surface area contributed by atoms with Crippen molar-refractivity contribution in [2.24, 2.45) is 0 Å². The lowest BCUT2D eigenvalue weighted by Gasteiger charge is -2.30. The number of anilines is 1. The van der Waals surface area contributed by atoms with Crippen LogP contribution in [0.15, 0.2) is 18.2 Å². The first-order valence-electron chi connectivity index (χ1n) is 5.59.